The van der Waals surface area contributed by atoms with Crippen molar-refractivity contribution in [1.29, 1.82) is 0 Å². The van der Waals surface area contributed by atoms with Crippen molar-refractivity contribution in [2.24, 2.45) is 0 Å². The highest BCUT2D eigenvalue weighted by atomic mass is 15.1. The van der Waals surface area contributed by atoms with E-state index in [9.17, 15) is 0 Å². The molecule has 1 aromatic heterocycles. The van der Waals surface area contributed by atoms with Crippen molar-refractivity contribution in [3.63, 3.8) is 0 Å². The smallest absolute Gasteiger partial charge is 0.0544 e. The summed E-state index contributed by atoms with van der Waals surface area (Å²) in [6.07, 6.45) is 3.01. The molecule has 1 aliphatic rings. The lowest BCUT2D eigenvalue weighted by molar-refractivity contribution is 0.268. The van der Waals surface area contributed by atoms with Crippen molar-refractivity contribution in [2.75, 3.05) is 18.4 Å². The lowest BCUT2D eigenvalue weighted by atomic mass is 10.1. The van der Waals surface area contributed by atoms with Gasteiger partial charge in [-0.25, -0.2) is 0 Å². The Morgan fingerprint density at radius 1 is 1.20 bits per heavy atom. The first kappa shape index (κ1) is 13.1. The van der Waals surface area contributed by atoms with E-state index in [1.807, 2.05) is 12.3 Å². The zero-order valence-corrected chi connectivity index (χ0v) is 12.0. The van der Waals surface area contributed by atoms with Gasteiger partial charge in [0.2, 0.25) is 0 Å². The number of nitrogens with one attached hydrogen (secondary N) is 1. The summed E-state index contributed by atoms with van der Waals surface area (Å²) in [4.78, 5) is 6.84. The van der Waals surface area contributed by atoms with E-state index in [1.54, 1.807) is 0 Å². The van der Waals surface area contributed by atoms with Gasteiger partial charge in [-0.3, -0.25) is 9.88 Å². The van der Waals surface area contributed by atoms with Gasteiger partial charge in [-0.2, -0.15) is 0 Å². The van der Waals surface area contributed by atoms with Crippen LogP contribution in [0.1, 0.15) is 23.7 Å². The Hall–Kier alpha value is -1.87. The van der Waals surface area contributed by atoms with Gasteiger partial charge in [0.05, 0.1) is 5.69 Å². The Morgan fingerprint density at radius 3 is 2.95 bits per heavy atom. The topological polar surface area (TPSA) is 28.2 Å². The van der Waals surface area contributed by atoms with E-state index >= 15 is 0 Å². The first-order valence-corrected chi connectivity index (χ1v) is 7.33. The Labute approximate surface area is 120 Å². The standard InChI is InChI=1S/C17H21N3/c1-2-20(13-16-5-3-4-9-18-16)12-14-6-7-17-15(11-14)8-10-19-17/h3-7,9,11,19H,2,8,10,12-13H2,1H3. The van der Waals surface area contributed by atoms with Crippen LogP contribution in [0.4, 0.5) is 5.69 Å². The number of hydrogen-bond acceptors (Lipinski definition) is 3. The van der Waals surface area contributed by atoms with Gasteiger partial charge in [-0.05, 0) is 42.3 Å². The highest BCUT2D eigenvalue weighted by Crippen LogP contribution is 2.23. The Kier molecular flexibility index (Phi) is 3.97. The Morgan fingerprint density at radius 2 is 2.15 bits per heavy atom. The van der Waals surface area contributed by atoms with E-state index in [2.05, 4.69) is 52.5 Å². The second kappa shape index (κ2) is 6.06. The number of rotatable bonds is 5. The summed E-state index contributed by atoms with van der Waals surface area (Å²) in [6, 6.07) is 12.9. The first-order chi connectivity index (χ1) is 9.85. The maximum absolute atomic E-state index is 4.41. The normalized spacial score (nSPS) is 13.3. The third-order valence-corrected chi connectivity index (χ3v) is 3.84. The summed E-state index contributed by atoms with van der Waals surface area (Å²) in [5.74, 6) is 0. The number of pyridine rings is 1. The summed E-state index contributed by atoms with van der Waals surface area (Å²) < 4.78 is 0. The molecule has 2 aromatic rings. The average Bonchev–Trinajstić information content (AvgIpc) is 2.95. The van der Waals surface area contributed by atoms with Gasteiger partial charge in [-0.1, -0.05) is 25.1 Å². The van der Waals surface area contributed by atoms with Crippen LogP contribution in [-0.4, -0.2) is 23.0 Å². The van der Waals surface area contributed by atoms with Crippen LogP contribution in [0.5, 0.6) is 0 Å². The number of anilines is 1. The molecule has 0 aliphatic carbocycles. The Balaban J connectivity index is 1.68. The van der Waals surface area contributed by atoms with Crippen LogP contribution in [-0.2, 0) is 19.5 Å². The van der Waals surface area contributed by atoms with Gasteiger partial charge in [0, 0.05) is 31.5 Å². The van der Waals surface area contributed by atoms with E-state index in [-0.39, 0.29) is 0 Å². The van der Waals surface area contributed by atoms with Crippen LogP contribution in [0, 0.1) is 0 Å². The van der Waals surface area contributed by atoms with E-state index < -0.39 is 0 Å². The molecular weight excluding hydrogens is 246 g/mol. The molecule has 3 heteroatoms. The molecule has 1 aromatic carbocycles. The molecule has 0 amide bonds. The molecule has 20 heavy (non-hydrogen) atoms. The molecule has 2 heterocycles. The van der Waals surface area contributed by atoms with Crippen molar-refractivity contribution in [1.82, 2.24) is 9.88 Å². The number of benzene rings is 1. The predicted molar refractivity (Wildman–Crippen MR) is 82.7 cm³/mol. The molecule has 0 radical (unpaired) electrons. The van der Waals surface area contributed by atoms with Crippen LogP contribution >= 0.6 is 0 Å². The summed E-state index contributed by atoms with van der Waals surface area (Å²) >= 11 is 0. The van der Waals surface area contributed by atoms with Crippen molar-refractivity contribution in [3.8, 4) is 0 Å². The van der Waals surface area contributed by atoms with Crippen LogP contribution in [0.15, 0.2) is 42.6 Å². The SMILES string of the molecule is CCN(Cc1ccc2c(c1)CCN2)Cc1ccccn1. The molecule has 0 spiro atoms. The third kappa shape index (κ3) is 2.99. The zero-order valence-electron chi connectivity index (χ0n) is 12.0. The van der Waals surface area contributed by atoms with Gasteiger partial charge in [-0.15, -0.1) is 0 Å². The van der Waals surface area contributed by atoms with E-state index in [0.717, 1.165) is 38.3 Å². The molecule has 0 saturated carbocycles. The summed E-state index contributed by atoms with van der Waals surface area (Å²) in [5.41, 5.74) is 5.29. The van der Waals surface area contributed by atoms with Crippen LogP contribution in [0.25, 0.3) is 0 Å². The van der Waals surface area contributed by atoms with Crippen molar-refractivity contribution in [2.45, 2.75) is 26.4 Å². The van der Waals surface area contributed by atoms with Gasteiger partial charge in [0.15, 0.2) is 0 Å². The largest absolute Gasteiger partial charge is 0.384 e. The summed E-state index contributed by atoms with van der Waals surface area (Å²) in [5, 5.41) is 3.41. The third-order valence-electron chi connectivity index (χ3n) is 3.84. The van der Waals surface area contributed by atoms with E-state index in [1.165, 1.54) is 16.8 Å². The fourth-order valence-corrected chi connectivity index (χ4v) is 2.72. The fraction of sp³-hybridized carbons (Fsp3) is 0.353. The monoisotopic (exact) mass is 267 g/mol. The second-order valence-corrected chi connectivity index (χ2v) is 5.29. The van der Waals surface area contributed by atoms with Gasteiger partial charge in [0.1, 0.15) is 0 Å². The lowest BCUT2D eigenvalue weighted by Crippen LogP contribution is -2.22. The minimum atomic E-state index is 0.909. The van der Waals surface area contributed by atoms with Gasteiger partial charge >= 0.3 is 0 Å². The molecule has 0 unspecified atom stereocenters. The van der Waals surface area contributed by atoms with E-state index in [0.29, 0.717) is 0 Å². The highest BCUT2D eigenvalue weighted by molar-refractivity contribution is 5.56. The molecule has 0 atom stereocenters. The summed E-state index contributed by atoms with van der Waals surface area (Å²) in [7, 11) is 0. The molecule has 3 rings (SSSR count). The lowest BCUT2D eigenvalue weighted by Gasteiger charge is -2.20. The first-order valence-electron chi connectivity index (χ1n) is 7.33. The summed E-state index contributed by atoms with van der Waals surface area (Å²) in [6.45, 7) is 6.21. The zero-order chi connectivity index (χ0) is 13.8. The minimum Gasteiger partial charge on any atom is -0.384 e. The molecule has 1 N–H and O–H groups in total. The number of hydrogen-bond donors (Lipinski definition) is 1. The van der Waals surface area contributed by atoms with Crippen LogP contribution < -0.4 is 5.32 Å². The molecule has 0 bridgehead atoms. The molecule has 0 saturated heterocycles. The average molecular weight is 267 g/mol. The molecule has 3 nitrogen and oxygen atoms in total. The van der Waals surface area contributed by atoms with Gasteiger partial charge < -0.3 is 5.32 Å². The van der Waals surface area contributed by atoms with Gasteiger partial charge in [0.25, 0.3) is 0 Å². The Bertz CT molecular complexity index is 566. The fourth-order valence-electron chi connectivity index (χ4n) is 2.72. The minimum absolute atomic E-state index is 0.909. The molecule has 104 valence electrons. The maximum atomic E-state index is 4.41. The molecular formula is C17H21N3. The van der Waals surface area contributed by atoms with Crippen LogP contribution in [0.2, 0.25) is 0 Å². The molecule has 0 fully saturated rings. The quantitative estimate of drug-likeness (QED) is 0.902. The van der Waals surface area contributed by atoms with Crippen molar-refractivity contribution >= 4 is 5.69 Å². The maximum Gasteiger partial charge on any atom is 0.0544 e. The molecule has 1 aliphatic heterocycles. The number of nitrogens with zero attached hydrogens (tertiary/aromatic N) is 2. The van der Waals surface area contributed by atoms with Crippen molar-refractivity contribution < 1.29 is 0 Å². The second-order valence-electron chi connectivity index (χ2n) is 5.29. The predicted octanol–water partition coefficient (Wildman–Crippen LogP) is 3.07. The van der Waals surface area contributed by atoms with E-state index in [4.69, 9.17) is 0 Å². The van der Waals surface area contributed by atoms with Crippen LogP contribution in [0.3, 0.4) is 0 Å². The van der Waals surface area contributed by atoms with Crippen molar-refractivity contribution in [3.05, 3.63) is 59.4 Å². The number of aromatic nitrogens is 1. The number of fused-ring (bicyclic) bond motifs is 1. The highest BCUT2D eigenvalue weighted by Gasteiger charge is 2.11.